The molecule has 0 aliphatic carbocycles. The van der Waals surface area contributed by atoms with E-state index in [4.69, 9.17) is 9.29 Å². The van der Waals surface area contributed by atoms with E-state index in [1.807, 2.05) is 0 Å². The molecule has 1 unspecified atom stereocenters. The van der Waals surface area contributed by atoms with Crippen LogP contribution in [0.5, 0.6) is 0 Å². The third-order valence-electron chi connectivity index (χ3n) is 1.12. The Bertz CT molecular complexity index is 190. The predicted octanol–water partition coefficient (Wildman–Crippen LogP) is -0.0577. The van der Waals surface area contributed by atoms with Gasteiger partial charge in [-0.25, -0.2) is 4.18 Å². The van der Waals surface area contributed by atoms with E-state index >= 15 is 0 Å². The van der Waals surface area contributed by atoms with E-state index in [1.54, 1.807) is 0 Å². The number of rotatable bonds is 2. The Hall–Kier alpha value is -0.170. The van der Waals surface area contributed by atoms with Crippen molar-refractivity contribution < 1.29 is 21.9 Å². The van der Waals surface area contributed by atoms with Gasteiger partial charge >= 0.3 is 10.4 Å². The highest BCUT2D eigenvalue weighted by Gasteiger charge is 2.21. The van der Waals surface area contributed by atoms with E-state index in [-0.39, 0.29) is 0 Å². The van der Waals surface area contributed by atoms with Crippen LogP contribution in [0.4, 0.5) is 0 Å². The highest BCUT2D eigenvalue weighted by Crippen LogP contribution is 2.14. The molecule has 0 spiro atoms. The van der Waals surface area contributed by atoms with Crippen LogP contribution in [-0.4, -0.2) is 25.9 Å². The van der Waals surface area contributed by atoms with E-state index in [9.17, 15) is 8.42 Å². The quantitative estimate of drug-likeness (QED) is 0.585. The summed E-state index contributed by atoms with van der Waals surface area (Å²) in [4.78, 5) is 0. The lowest BCUT2D eigenvalue weighted by Crippen LogP contribution is -2.15. The van der Waals surface area contributed by atoms with Crippen molar-refractivity contribution in [3.63, 3.8) is 0 Å². The zero-order valence-corrected chi connectivity index (χ0v) is 6.00. The summed E-state index contributed by atoms with van der Waals surface area (Å²) in [6.07, 6.45) is 0.495. The molecule has 1 atom stereocenters. The van der Waals surface area contributed by atoms with Crippen LogP contribution in [0.15, 0.2) is 0 Å². The average molecular weight is 168 g/mol. The highest BCUT2D eigenvalue weighted by atomic mass is 32.3. The zero-order chi connectivity index (χ0) is 7.61. The summed E-state index contributed by atoms with van der Waals surface area (Å²) in [5, 5.41) is 0. The minimum absolute atomic E-state index is 0.486. The number of ether oxygens (including phenoxy) is 1. The Morgan fingerprint density at radius 2 is 2.30 bits per heavy atom. The van der Waals surface area contributed by atoms with Gasteiger partial charge in [-0.3, -0.25) is 4.55 Å². The van der Waals surface area contributed by atoms with Crippen LogP contribution in [0, 0.1) is 0 Å². The molecule has 0 amide bonds. The summed E-state index contributed by atoms with van der Waals surface area (Å²) in [6.45, 7) is 0.486. The first-order valence-corrected chi connectivity index (χ1v) is 4.22. The second-order valence-corrected chi connectivity index (χ2v) is 3.01. The molecular weight excluding hydrogens is 160 g/mol. The van der Waals surface area contributed by atoms with E-state index in [0.717, 1.165) is 6.42 Å². The number of hydrogen-bond acceptors (Lipinski definition) is 4. The van der Waals surface area contributed by atoms with Crippen molar-refractivity contribution in [2.24, 2.45) is 0 Å². The third-order valence-corrected chi connectivity index (χ3v) is 1.57. The second-order valence-electron chi connectivity index (χ2n) is 1.97. The SMILES string of the molecule is O=S(=O)(O)OC1CCCO1. The Balaban J connectivity index is 2.38. The normalized spacial score (nSPS) is 27.1. The Morgan fingerprint density at radius 3 is 2.70 bits per heavy atom. The van der Waals surface area contributed by atoms with Gasteiger partial charge < -0.3 is 4.74 Å². The molecule has 10 heavy (non-hydrogen) atoms. The van der Waals surface area contributed by atoms with Crippen LogP contribution in [-0.2, 0) is 19.3 Å². The molecule has 1 heterocycles. The standard InChI is InChI=1S/C4H8O5S/c5-10(6,7)9-4-2-1-3-8-4/h4H,1-3H2,(H,5,6,7). The molecule has 1 fully saturated rings. The Morgan fingerprint density at radius 1 is 1.60 bits per heavy atom. The lowest BCUT2D eigenvalue weighted by atomic mass is 10.4. The van der Waals surface area contributed by atoms with Gasteiger partial charge in [0.15, 0.2) is 6.29 Å². The van der Waals surface area contributed by atoms with Gasteiger partial charge in [-0.15, -0.1) is 0 Å². The minimum Gasteiger partial charge on any atom is -0.351 e. The summed E-state index contributed by atoms with van der Waals surface area (Å²) in [7, 11) is -4.33. The summed E-state index contributed by atoms with van der Waals surface area (Å²) in [5.74, 6) is 0. The largest absolute Gasteiger partial charge is 0.399 e. The molecule has 1 rings (SSSR count). The van der Waals surface area contributed by atoms with Crippen molar-refractivity contribution in [1.29, 1.82) is 0 Å². The first-order valence-electron chi connectivity index (χ1n) is 2.85. The van der Waals surface area contributed by atoms with E-state index in [2.05, 4.69) is 4.18 Å². The van der Waals surface area contributed by atoms with E-state index < -0.39 is 16.7 Å². The Kier molecular flexibility index (Phi) is 2.24. The molecule has 1 saturated heterocycles. The van der Waals surface area contributed by atoms with E-state index in [0.29, 0.717) is 13.0 Å². The van der Waals surface area contributed by atoms with Crippen molar-refractivity contribution in [1.82, 2.24) is 0 Å². The predicted molar refractivity (Wildman–Crippen MR) is 31.6 cm³/mol. The molecule has 0 aromatic rings. The van der Waals surface area contributed by atoms with Crippen molar-refractivity contribution in [3.05, 3.63) is 0 Å². The molecule has 60 valence electrons. The van der Waals surface area contributed by atoms with Gasteiger partial charge in [0.05, 0.1) is 0 Å². The fourth-order valence-corrected chi connectivity index (χ4v) is 1.18. The zero-order valence-electron chi connectivity index (χ0n) is 5.19. The molecule has 0 aromatic heterocycles. The van der Waals surface area contributed by atoms with Crippen molar-refractivity contribution >= 4 is 10.4 Å². The fraction of sp³-hybridized carbons (Fsp3) is 1.00. The third kappa shape index (κ3) is 2.61. The van der Waals surface area contributed by atoms with Gasteiger partial charge in [-0.1, -0.05) is 0 Å². The van der Waals surface area contributed by atoms with Crippen LogP contribution in [0.3, 0.4) is 0 Å². The fourth-order valence-electron chi connectivity index (χ4n) is 0.760. The smallest absolute Gasteiger partial charge is 0.351 e. The van der Waals surface area contributed by atoms with Gasteiger partial charge in [0.1, 0.15) is 0 Å². The van der Waals surface area contributed by atoms with E-state index in [1.165, 1.54) is 0 Å². The first kappa shape index (κ1) is 7.93. The van der Waals surface area contributed by atoms with Crippen LogP contribution >= 0.6 is 0 Å². The highest BCUT2D eigenvalue weighted by molar-refractivity contribution is 7.80. The maximum absolute atomic E-state index is 10.0. The molecule has 0 radical (unpaired) electrons. The average Bonchev–Trinajstić information content (AvgIpc) is 2.12. The second kappa shape index (κ2) is 2.83. The molecule has 0 saturated carbocycles. The molecule has 0 bridgehead atoms. The summed E-state index contributed by atoms with van der Waals surface area (Å²) < 4.78 is 37.1. The molecule has 1 N–H and O–H groups in total. The minimum atomic E-state index is -4.33. The maximum Gasteiger partial charge on any atom is 0.399 e. The molecular formula is C4H8O5S. The van der Waals surface area contributed by atoms with Gasteiger partial charge in [0.2, 0.25) is 0 Å². The lowest BCUT2D eigenvalue weighted by Gasteiger charge is -2.05. The van der Waals surface area contributed by atoms with Crippen LogP contribution in [0.25, 0.3) is 0 Å². The van der Waals surface area contributed by atoms with Crippen LogP contribution < -0.4 is 0 Å². The van der Waals surface area contributed by atoms with Gasteiger partial charge in [-0.05, 0) is 6.42 Å². The maximum atomic E-state index is 10.0. The van der Waals surface area contributed by atoms with Gasteiger partial charge in [-0.2, -0.15) is 8.42 Å². The van der Waals surface area contributed by atoms with Gasteiger partial charge in [0.25, 0.3) is 0 Å². The van der Waals surface area contributed by atoms with Crippen LogP contribution in [0.1, 0.15) is 12.8 Å². The van der Waals surface area contributed by atoms with Crippen molar-refractivity contribution in [3.8, 4) is 0 Å². The molecule has 1 aliphatic rings. The summed E-state index contributed by atoms with van der Waals surface area (Å²) >= 11 is 0. The van der Waals surface area contributed by atoms with Crippen molar-refractivity contribution in [2.75, 3.05) is 6.61 Å². The van der Waals surface area contributed by atoms with Crippen molar-refractivity contribution in [2.45, 2.75) is 19.1 Å². The number of hydrogen-bond donors (Lipinski definition) is 1. The van der Waals surface area contributed by atoms with Crippen LogP contribution in [0.2, 0.25) is 0 Å². The lowest BCUT2D eigenvalue weighted by molar-refractivity contribution is -0.0407. The summed E-state index contributed by atoms with van der Waals surface area (Å²) in [6, 6.07) is 0. The topological polar surface area (TPSA) is 72.8 Å². The molecule has 0 aromatic carbocycles. The van der Waals surface area contributed by atoms with Gasteiger partial charge in [0, 0.05) is 13.0 Å². The molecule has 5 nitrogen and oxygen atoms in total. The first-order chi connectivity index (χ1) is 4.58. The Labute approximate surface area is 58.9 Å². The summed E-state index contributed by atoms with van der Waals surface area (Å²) in [5.41, 5.74) is 0. The monoisotopic (exact) mass is 168 g/mol. The molecule has 6 heteroatoms. The molecule has 1 aliphatic heterocycles.